The van der Waals surface area contributed by atoms with E-state index < -0.39 is 12.3 Å². The molecule has 22 heavy (non-hydrogen) atoms. The molecule has 0 aliphatic rings. The first kappa shape index (κ1) is 16.4. The fraction of sp³-hybridized carbons (Fsp3) is 0.333. The van der Waals surface area contributed by atoms with Crippen LogP contribution < -0.4 is 4.74 Å². The molecular formula is C18H20F2O2. The topological polar surface area (TPSA) is 29.5 Å². The molecule has 4 heteroatoms. The number of ether oxygens (including phenoxy) is 1. The van der Waals surface area contributed by atoms with E-state index in [1.807, 2.05) is 42.5 Å². The third-order valence-electron chi connectivity index (χ3n) is 3.40. The third kappa shape index (κ3) is 4.81. The maximum atomic E-state index is 13.6. The van der Waals surface area contributed by atoms with Gasteiger partial charge in [0.25, 0.3) is 0 Å². The number of alkyl halides is 2. The highest BCUT2D eigenvalue weighted by Crippen LogP contribution is 2.22. The average molecular weight is 306 g/mol. The van der Waals surface area contributed by atoms with Gasteiger partial charge in [-0.3, -0.25) is 0 Å². The largest absolute Gasteiger partial charge is 0.490 e. The molecule has 0 aromatic heterocycles. The Morgan fingerprint density at radius 3 is 2.14 bits per heavy atom. The molecule has 0 fully saturated rings. The molecule has 2 aromatic carbocycles. The number of hydrogen-bond acceptors (Lipinski definition) is 2. The third-order valence-corrected chi connectivity index (χ3v) is 3.40. The second-order valence-corrected chi connectivity index (χ2v) is 5.10. The first-order chi connectivity index (χ1) is 10.7. The van der Waals surface area contributed by atoms with Gasteiger partial charge in [0.05, 0.1) is 0 Å². The van der Waals surface area contributed by atoms with Crippen LogP contribution in [0.1, 0.15) is 12.8 Å². The molecule has 0 heterocycles. The zero-order valence-electron chi connectivity index (χ0n) is 12.3. The van der Waals surface area contributed by atoms with E-state index in [-0.39, 0.29) is 26.1 Å². The van der Waals surface area contributed by atoms with E-state index in [4.69, 9.17) is 9.84 Å². The monoisotopic (exact) mass is 306 g/mol. The Morgan fingerprint density at radius 2 is 1.50 bits per heavy atom. The van der Waals surface area contributed by atoms with Gasteiger partial charge < -0.3 is 9.84 Å². The number of aliphatic hydroxyl groups is 1. The maximum absolute atomic E-state index is 13.6. The van der Waals surface area contributed by atoms with Crippen LogP contribution in [0.25, 0.3) is 11.1 Å². The van der Waals surface area contributed by atoms with Gasteiger partial charge in [0, 0.05) is 6.61 Å². The van der Waals surface area contributed by atoms with Crippen LogP contribution in [0.3, 0.4) is 0 Å². The maximum Gasteiger partial charge on any atom is 0.165 e. The first-order valence-electron chi connectivity index (χ1n) is 7.38. The van der Waals surface area contributed by atoms with Crippen molar-refractivity contribution in [3.05, 3.63) is 54.6 Å². The Morgan fingerprint density at radius 1 is 0.864 bits per heavy atom. The summed E-state index contributed by atoms with van der Waals surface area (Å²) in [7, 11) is 0. The summed E-state index contributed by atoms with van der Waals surface area (Å²) in [4.78, 5) is 0. The van der Waals surface area contributed by atoms with E-state index >= 15 is 0 Å². The summed E-state index contributed by atoms with van der Waals surface area (Å²) in [5, 5.41) is 8.60. The van der Waals surface area contributed by atoms with Gasteiger partial charge in [-0.25, -0.2) is 8.78 Å². The molecule has 2 nitrogen and oxygen atoms in total. The molecule has 2 rings (SSSR count). The van der Waals surface area contributed by atoms with Gasteiger partial charge in [0.2, 0.25) is 0 Å². The minimum Gasteiger partial charge on any atom is -0.490 e. The standard InChI is InChI=1S/C18H20F2O2/c19-17(7-4-12-21)18(20)13-22-16-10-8-15(9-11-16)14-5-2-1-3-6-14/h1-3,5-6,8-11,17-18,21H,4,7,12-13H2. The van der Waals surface area contributed by atoms with E-state index in [2.05, 4.69) is 0 Å². The molecule has 0 saturated heterocycles. The molecule has 0 aliphatic heterocycles. The van der Waals surface area contributed by atoms with Crippen molar-refractivity contribution in [3.8, 4) is 16.9 Å². The van der Waals surface area contributed by atoms with Crippen LogP contribution >= 0.6 is 0 Å². The highest BCUT2D eigenvalue weighted by Gasteiger charge is 2.20. The van der Waals surface area contributed by atoms with Gasteiger partial charge in [-0.05, 0) is 36.1 Å². The lowest BCUT2D eigenvalue weighted by atomic mass is 10.1. The van der Waals surface area contributed by atoms with E-state index in [0.29, 0.717) is 5.75 Å². The second kappa shape index (κ2) is 8.49. The van der Waals surface area contributed by atoms with Gasteiger partial charge in [-0.1, -0.05) is 42.5 Å². The van der Waals surface area contributed by atoms with Crippen LogP contribution in [0.4, 0.5) is 8.78 Å². The van der Waals surface area contributed by atoms with Crippen LogP contribution in [-0.2, 0) is 0 Å². The zero-order chi connectivity index (χ0) is 15.8. The Kier molecular flexibility index (Phi) is 6.34. The Labute approximate surface area is 129 Å². The van der Waals surface area contributed by atoms with Crippen molar-refractivity contribution in [2.45, 2.75) is 25.2 Å². The fourth-order valence-electron chi connectivity index (χ4n) is 2.12. The zero-order valence-corrected chi connectivity index (χ0v) is 12.3. The highest BCUT2D eigenvalue weighted by atomic mass is 19.2. The van der Waals surface area contributed by atoms with Gasteiger partial charge in [-0.2, -0.15) is 0 Å². The van der Waals surface area contributed by atoms with Crippen LogP contribution in [0, 0.1) is 0 Å². The first-order valence-corrected chi connectivity index (χ1v) is 7.38. The quantitative estimate of drug-likeness (QED) is 0.793. The number of hydrogen-bond donors (Lipinski definition) is 1. The van der Waals surface area contributed by atoms with Crippen molar-refractivity contribution in [1.29, 1.82) is 0 Å². The lowest BCUT2D eigenvalue weighted by Gasteiger charge is -2.14. The molecule has 1 N–H and O–H groups in total. The molecule has 0 aliphatic carbocycles. The van der Waals surface area contributed by atoms with Crippen molar-refractivity contribution in [3.63, 3.8) is 0 Å². The summed E-state index contributed by atoms with van der Waals surface area (Å²) in [6.07, 6.45) is -3.02. The van der Waals surface area contributed by atoms with Crippen LogP contribution in [-0.4, -0.2) is 30.7 Å². The van der Waals surface area contributed by atoms with Crippen LogP contribution in [0.2, 0.25) is 0 Å². The van der Waals surface area contributed by atoms with Gasteiger partial charge in [-0.15, -0.1) is 0 Å². The number of rotatable bonds is 8. The van der Waals surface area contributed by atoms with E-state index in [0.717, 1.165) is 11.1 Å². The van der Waals surface area contributed by atoms with Crippen molar-refractivity contribution in [2.75, 3.05) is 13.2 Å². The summed E-state index contributed by atoms with van der Waals surface area (Å²) >= 11 is 0. The molecule has 2 aromatic rings. The molecule has 0 saturated carbocycles. The van der Waals surface area contributed by atoms with Crippen molar-refractivity contribution >= 4 is 0 Å². The van der Waals surface area contributed by atoms with Crippen molar-refractivity contribution in [2.24, 2.45) is 0 Å². The predicted molar refractivity (Wildman–Crippen MR) is 83.5 cm³/mol. The van der Waals surface area contributed by atoms with Gasteiger partial charge in [0.15, 0.2) is 6.17 Å². The number of benzene rings is 2. The van der Waals surface area contributed by atoms with E-state index in [9.17, 15) is 8.78 Å². The normalized spacial score (nSPS) is 13.6. The van der Waals surface area contributed by atoms with Gasteiger partial charge in [0.1, 0.15) is 18.5 Å². The predicted octanol–water partition coefficient (Wildman–Crippen LogP) is 4.18. The highest BCUT2D eigenvalue weighted by molar-refractivity contribution is 5.63. The summed E-state index contributed by atoms with van der Waals surface area (Å²) < 4.78 is 32.3. The van der Waals surface area contributed by atoms with Crippen LogP contribution in [0.15, 0.2) is 54.6 Å². The molecule has 2 unspecified atom stereocenters. The summed E-state index contributed by atoms with van der Waals surface area (Å²) in [5.74, 6) is 0.511. The summed E-state index contributed by atoms with van der Waals surface area (Å²) in [6, 6.07) is 17.1. The molecule has 0 bridgehead atoms. The smallest absolute Gasteiger partial charge is 0.165 e. The molecule has 118 valence electrons. The Bertz CT molecular complexity index is 543. The lowest BCUT2D eigenvalue weighted by Crippen LogP contribution is -2.24. The number of halogens is 2. The summed E-state index contributed by atoms with van der Waals surface area (Å²) in [5.41, 5.74) is 2.13. The SMILES string of the molecule is OCCCC(F)C(F)COc1ccc(-c2ccccc2)cc1. The minimum absolute atomic E-state index is 0.00791. The number of aliphatic hydroxyl groups excluding tert-OH is 1. The minimum atomic E-state index is -1.68. The molecule has 2 atom stereocenters. The fourth-order valence-corrected chi connectivity index (χ4v) is 2.12. The average Bonchev–Trinajstić information content (AvgIpc) is 2.58. The van der Waals surface area contributed by atoms with Crippen molar-refractivity contribution < 1.29 is 18.6 Å². The van der Waals surface area contributed by atoms with Crippen LogP contribution in [0.5, 0.6) is 5.75 Å². The molecule has 0 spiro atoms. The lowest BCUT2D eigenvalue weighted by molar-refractivity contribution is 0.0978. The molecule has 0 amide bonds. The van der Waals surface area contributed by atoms with E-state index in [1.54, 1.807) is 12.1 Å². The van der Waals surface area contributed by atoms with Gasteiger partial charge >= 0.3 is 0 Å². The molecule has 0 radical (unpaired) electrons. The Balaban J connectivity index is 1.86. The Hall–Kier alpha value is -1.94. The van der Waals surface area contributed by atoms with Crippen molar-refractivity contribution in [1.82, 2.24) is 0 Å². The van der Waals surface area contributed by atoms with E-state index in [1.165, 1.54) is 0 Å². The summed E-state index contributed by atoms with van der Waals surface area (Å²) in [6.45, 7) is -0.452. The second-order valence-electron chi connectivity index (χ2n) is 5.10. The molecular weight excluding hydrogens is 286 g/mol.